The Bertz CT molecular complexity index is 533. The monoisotopic (exact) mass is 322 g/mol. The van der Waals surface area contributed by atoms with E-state index in [1.54, 1.807) is 7.11 Å². The van der Waals surface area contributed by atoms with E-state index in [1.165, 1.54) is 5.56 Å². The van der Waals surface area contributed by atoms with Crippen LogP contribution in [0.15, 0.2) is 0 Å². The van der Waals surface area contributed by atoms with Crippen LogP contribution in [-0.4, -0.2) is 46.4 Å². The van der Waals surface area contributed by atoms with Crippen molar-refractivity contribution in [3.8, 4) is 0 Å². The molecule has 0 radical (unpaired) electrons. The van der Waals surface area contributed by atoms with Gasteiger partial charge in [-0.3, -0.25) is 5.10 Å². The Labute approximate surface area is 139 Å². The van der Waals surface area contributed by atoms with Crippen molar-refractivity contribution in [3.05, 3.63) is 17.0 Å². The maximum atomic E-state index is 12.7. The first-order valence-electron chi connectivity index (χ1n) is 8.39. The van der Waals surface area contributed by atoms with Gasteiger partial charge in [-0.2, -0.15) is 5.10 Å². The van der Waals surface area contributed by atoms with Crippen LogP contribution >= 0.6 is 0 Å². The molecule has 2 unspecified atom stereocenters. The van der Waals surface area contributed by atoms with Gasteiger partial charge in [-0.25, -0.2) is 4.79 Å². The molecule has 0 spiro atoms. The van der Waals surface area contributed by atoms with Gasteiger partial charge in [0, 0.05) is 31.0 Å². The minimum Gasteiger partial charge on any atom is -0.379 e. The van der Waals surface area contributed by atoms with Gasteiger partial charge in [0.1, 0.15) is 0 Å². The number of nitrogens with one attached hydrogen (secondary N) is 2. The van der Waals surface area contributed by atoms with Crippen molar-refractivity contribution in [2.45, 2.75) is 71.6 Å². The number of ether oxygens (including phenoxy) is 1. The van der Waals surface area contributed by atoms with Crippen LogP contribution in [0, 0.1) is 13.8 Å². The summed E-state index contributed by atoms with van der Waals surface area (Å²) in [5.41, 5.74) is 2.97. The van der Waals surface area contributed by atoms with Gasteiger partial charge in [0.05, 0.1) is 17.3 Å². The second kappa shape index (κ2) is 6.91. The van der Waals surface area contributed by atoms with E-state index in [0.29, 0.717) is 0 Å². The summed E-state index contributed by atoms with van der Waals surface area (Å²) in [7, 11) is 1.70. The molecule has 1 fully saturated rings. The molecule has 0 aromatic carbocycles. The van der Waals surface area contributed by atoms with Crippen molar-refractivity contribution in [2.24, 2.45) is 0 Å². The highest BCUT2D eigenvalue weighted by molar-refractivity contribution is 5.75. The van der Waals surface area contributed by atoms with Crippen molar-refractivity contribution in [1.29, 1.82) is 0 Å². The molecule has 2 rings (SSSR count). The van der Waals surface area contributed by atoms with Crippen LogP contribution in [0.25, 0.3) is 0 Å². The maximum Gasteiger partial charge on any atom is 0.318 e. The fourth-order valence-corrected chi connectivity index (χ4v) is 3.53. The average molecular weight is 322 g/mol. The van der Waals surface area contributed by atoms with Gasteiger partial charge < -0.3 is 15.0 Å². The average Bonchev–Trinajstić information content (AvgIpc) is 3.05. The largest absolute Gasteiger partial charge is 0.379 e. The van der Waals surface area contributed by atoms with Crippen molar-refractivity contribution in [2.75, 3.05) is 13.7 Å². The van der Waals surface area contributed by atoms with Crippen LogP contribution < -0.4 is 5.32 Å². The molecule has 6 nitrogen and oxygen atoms in total. The molecule has 2 amide bonds. The standard InChI is InChI=1S/C17H30N4O2/c1-11(10-17(4,5)23-6)18-16(22)21-9-7-8-14(21)15-12(2)19-20-13(15)3/h11,14H,7-10H2,1-6H3,(H,18,22)(H,19,20). The number of carbonyl (C=O) groups excluding carboxylic acids is 1. The molecular formula is C17H30N4O2. The molecule has 2 heterocycles. The molecule has 23 heavy (non-hydrogen) atoms. The van der Waals surface area contributed by atoms with Crippen molar-refractivity contribution < 1.29 is 9.53 Å². The predicted octanol–water partition coefficient (Wildman–Crippen LogP) is 3.08. The number of nitrogens with zero attached hydrogens (tertiary/aromatic N) is 2. The van der Waals surface area contributed by atoms with Gasteiger partial charge in [-0.05, 0) is 53.9 Å². The Morgan fingerprint density at radius 1 is 1.52 bits per heavy atom. The van der Waals surface area contributed by atoms with Crippen LogP contribution in [-0.2, 0) is 4.74 Å². The Balaban J connectivity index is 2.04. The van der Waals surface area contributed by atoms with Crippen LogP contribution in [0.3, 0.4) is 0 Å². The van der Waals surface area contributed by atoms with E-state index in [0.717, 1.165) is 37.2 Å². The number of hydrogen-bond acceptors (Lipinski definition) is 3. The molecule has 0 aliphatic carbocycles. The van der Waals surface area contributed by atoms with Crippen molar-refractivity contribution in [3.63, 3.8) is 0 Å². The highest BCUT2D eigenvalue weighted by atomic mass is 16.5. The molecule has 130 valence electrons. The van der Waals surface area contributed by atoms with E-state index in [9.17, 15) is 4.79 Å². The number of aromatic nitrogens is 2. The number of methoxy groups -OCH3 is 1. The zero-order chi connectivity index (χ0) is 17.2. The molecule has 1 aromatic heterocycles. The third-order valence-corrected chi connectivity index (χ3v) is 4.75. The minimum absolute atomic E-state index is 0.00639. The zero-order valence-corrected chi connectivity index (χ0v) is 15.2. The second-order valence-corrected chi connectivity index (χ2v) is 7.22. The molecule has 1 aliphatic rings. The Kier molecular flexibility index (Phi) is 5.34. The predicted molar refractivity (Wildman–Crippen MR) is 90.4 cm³/mol. The number of amides is 2. The van der Waals surface area contributed by atoms with E-state index in [-0.39, 0.29) is 23.7 Å². The number of H-pyrrole nitrogens is 1. The van der Waals surface area contributed by atoms with E-state index < -0.39 is 0 Å². The Hall–Kier alpha value is -1.56. The van der Waals surface area contributed by atoms with Gasteiger partial charge in [0.25, 0.3) is 0 Å². The van der Waals surface area contributed by atoms with Gasteiger partial charge >= 0.3 is 6.03 Å². The molecular weight excluding hydrogens is 292 g/mol. The molecule has 2 N–H and O–H groups in total. The lowest BCUT2D eigenvalue weighted by Gasteiger charge is -2.30. The number of hydrogen-bond donors (Lipinski definition) is 2. The smallest absolute Gasteiger partial charge is 0.318 e. The third-order valence-electron chi connectivity index (χ3n) is 4.75. The van der Waals surface area contributed by atoms with Crippen LogP contribution in [0.5, 0.6) is 0 Å². The van der Waals surface area contributed by atoms with E-state index in [2.05, 4.69) is 15.5 Å². The minimum atomic E-state index is -0.241. The second-order valence-electron chi connectivity index (χ2n) is 7.22. The number of aromatic amines is 1. The molecule has 1 saturated heterocycles. The quantitative estimate of drug-likeness (QED) is 0.875. The summed E-state index contributed by atoms with van der Waals surface area (Å²) in [5.74, 6) is 0. The summed E-state index contributed by atoms with van der Waals surface area (Å²) in [6, 6.07) is 0.188. The van der Waals surface area contributed by atoms with Gasteiger partial charge in [-0.15, -0.1) is 0 Å². The lowest BCUT2D eigenvalue weighted by atomic mass is 10.00. The SMILES string of the molecule is COC(C)(C)CC(C)NC(=O)N1CCCC1c1c(C)n[nH]c1C. The fraction of sp³-hybridized carbons (Fsp3) is 0.765. The summed E-state index contributed by atoms with van der Waals surface area (Å²) >= 11 is 0. The summed E-state index contributed by atoms with van der Waals surface area (Å²) in [6.07, 6.45) is 2.80. The Morgan fingerprint density at radius 3 is 2.78 bits per heavy atom. The number of rotatable bonds is 5. The summed E-state index contributed by atoms with van der Waals surface area (Å²) in [4.78, 5) is 14.6. The summed E-state index contributed by atoms with van der Waals surface area (Å²) < 4.78 is 5.45. The van der Waals surface area contributed by atoms with Crippen LogP contribution in [0.1, 0.15) is 63.0 Å². The van der Waals surface area contributed by atoms with Gasteiger partial charge in [-0.1, -0.05) is 0 Å². The lowest BCUT2D eigenvalue weighted by Crippen LogP contribution is -2.46. The van der Waals surface area contributed by atoms with E-state index in [1.807, 2.05) is 39.5 Å². The summed E-state index contributed by atoms with van der Waals surface area (Å²) in [6.45, 7) is 10.9. The third kappa shape index (κ3) is 4.05. The lowest BCUT2D eigenvalue weighted by molar-refractivity contribution is 0.00910. The number of likely N-dealkylation sites (tertiary alicyclic amines) is 1. The molecule has 1 aliphatic heterocycles. The van der Waals surface area contributed by atoms with Crippen LogP contribution in [0.2, 0.25) is 0 Å². The molecule has 6 heteroatoms. The molecule has 2 atom stereocenters. The highest BCUT2D eigenvalue weighted by Gasteiger charge is 2.33. The maximum absolute atomic E-state index is 12.7. The number of urea groups is 1. The van der Waals surface area contributed by atoms with E-state index in [4.69, 9.17) is 4.74 Å². The van der Waals surface area contributed by atoms with Gasteiger partial charge in [0.2, 0.25) is 0 Å². The number of carbonyl (C=O) groups is 1. The molecule has 0 bridgehead atoms. The first-order valence-corrected chi connectivity index (χ1v) is 8.39. The topological polar surface area (TPSA) is 70.2 Å². The zero-order valence-electron chi connectivity index (χ0n) is 15.2. The molecule has 0 saturated carbocycles. The highest BCUT2D eigenvalue weighted by Crippen LogP contribution is 2.34. The first kappa shape index (κ1) is 17.8. The normalized spacial score (nSPS) is 19.9. The van der Waals surface area contributed by atoms with Crippen molar-refractivity contribution in [1.82, 2.24) is 20.4 Å². The summed E-state index contributed by atoms with van der Waals surface area (Å²) in [5, 5.41) is 10.4. The van der Waals surface area contributed by atoms with Crippen molar-refractivity contribution >= 4 is 6.03 Å². The Morgan fingerprint density at radius 2 is 2.22 bits per heavy atom. The fourth-order valence-electron chi connectivity index (χ4n) is 3.53. The number of aryl methyl sites for hydroxylation is 2. The van der Waals surface area contributed by atoms with Crippen LogP contribution in [0.4, 0.5) is 4.79 Å². The van der Waals surface area contributed by atoms with Gasteiger partial charge in [0.15, 0.2) is 0 Å². The van der Waals surface area contributed by atoms with E-state index >= 15 is 0 Å². The first-order chi connectivity index (χ1) is 10.7. The molecule has 1 aromatic rings.